The molecule has 0 amide bonds. The van der Waals surface area contributed by atoms with Crippen LogP contribution in [0.4, 0.5) is 30.7 Å². The average Bonchev–Trinajstić information content (AvgIpc) is 1.53. The number of hydrogen-bond acceptors (Lipinski definition) is 1. The molecule has 0 radical (unpaired) electrons. The fraction of sp³-hybridized carbons (Fsp3) is 0.311. The van der Waals surface area contributed by atoms with Gasteiger partial charge in [0.05, 0.1) is 89.1 Å². The van der Waals surface area contributed by atoms with Crippen LogP contribution < -0.4 is 0 Å². The van der Waals surface area contributed by atoms with Crippen molar-refractivity contribution in [3.05, 3.63) is 273 Å². The van der Waals surface area contributed by atoms with Crippen molar-refractivity contribution < 1.29 is 30.7 Å². The first-order valence-electron chi connectivity index (χ1n) is 41.0. The molecule has 0 aliphatic rings. The lowest BCUT2D eigenvalue weighted by atomic mass is 9.90. The number of aromatic nitrogens is 4. The molecule has 5 nitrogen and oxygen atoms in total. The molecule has 4 heterocycles. The van der Waals surface area contributed by atoms with Gasteiger partial charge in [0.1, 0.15) is 29.3 Å². The first-order chi connectivity index (χ1) is 55.3. The molecular formula is C106H106F7N5. The third-order valence-corrected chi connectivity index (χ3v) is 30.1. The minimum absolute atomic E-state index is 0.0798. The SMILES string of the molecule is Cc1c(C)c(C)c2c(c1C)c1c(C)c(C)c(C)c(C)c1n2-c1cc(-c2c(F)cccc2F)cc(C#N)c1-n1c2c(C)c(C)c(C)c(C)c2c2c(C)c(C)c(C)c(C)c21.Cc1c(C)c(C)c2c(c1C)c1c(C)c(C)c(C)c(C)c1n2-c1cc(-c2c(F)cccc2F)cc(C(F)(F)F)c1-n1c2c(C)c(C)c(C)c(C)c2c2c(C)c(C)c(C)c(C)c21. The summed E-state index contributed by atoms with van der Waals surface area (Å²) < 4.78 is 122. The maximum absolute atomic E-state index is 16.5. The summed E-state index contributed by atoms with van der Waals surface area (Å²) in [5.41, 5.74) is 42.9. The van der Waals surface area contributed by atoms with Crippen LogP contribution in [0.15, 0.2) is 60.7 Å². The monoisotopic (exact) mass is 1580 g/mol. The highest BCUT2D eigenvalue weighted by atomic mass is 19.4. The van der Waals surface area contributed by atoms with Crippen LogP contribution >= 0.6 is 0 Å². The number of nitrogens with zero attached hydrogens (tertiary/aromatic N) is 5. The number of alkyl halides is 3. The molecular weight excluding hydrogens is 1480 g/mol. The molecule has 16 aromatic rings. The lowest BCUT2D eigenvalue weighted by Crippen LogP contribution is -2.16. The van der Waals surface area contributed by atoms with Gasteiger partial charge in [0.15, 0.2) is 0 Å². The molecule has 12 heteroatoms. The van der Waals surface area contributed by atoms with Crippen molar-refractivity contribution in [2.24, 2.45) is 0 Å². The predicted octanol–water partition coefficient (Wildman–Crippen LogP) is 30.4. The highest BCUT2D eigenvalue weighted by Crippen LogP contribution is 2.55. The first kappa shape index (κ1) is 82.0. The molecule has 604 valence electrons. The van der Waals surface area contributed by atoms with Crippen LogP contribution in [0, 0.1) is 256 Å². The molecule has 0 bridgehead atoms. The summed E-state index contributed by atoms with van der Waals surface area (Å²) >= 11 is 0. The zero-order chi connectivity index (χ0) is 86.4. The molecule has 0 spiro atoms. The van der Waals surface area contributed by atoms with Crippen LogP contribution in [-0.2, 0) is 6.18 Å². The molecule has 0 atom stereocenters. The second-order valence-electron chi connectivity index (χ2n) is 34.7. The number of fused-ring (bicyclic) bond motifs is 12. The fourth-order valence-corrected chi connectivity index (χ4v) is 20.6. The standard InChI is InChI=1S/C53H53F5N2.C53H53F2N3/c1-22-26(5)34(13)48-43(30(22)9)44-31(10)23(2)27(6)35(14)49(44)59(48)42-21-38(47-40(54)18-17-19-41(47)55)20-39(53(56,57)58)52(42)60-50-36(15)28(7)24(3)32(11)45(50)46-33(12)25(4)29(8)37(16)51(46)60;1-23-27(5)35(13)49-44(31(23)9)45-32(10)24(2)28(6)36(14)50(45)57(49)43-21-39(48-41(54)18-17-19-42(48)55)20-40(22-56)53(43)58-51-37(15)29(7)25(3)33(11)46(51)47-34(12)26(4)30(8)38(16)52(47)58/h17-21H,1-16H3;17-21H,1-16H3. The lowest BCUT2D eigenvalue weighted by Gasteiger charge is -2.26. The maximum atomic E-state index is 16.5. The third kappa shape index (κ3) is 11.0. The minimum Gasteiger partial charge on any atom is -0.307 e. The lowest BCUT2D eigenvalue weighted by molar-refractivity contribution is -0.137. The molecule has 118 heavy (non-hydrogen) atoms. The Balaban J connectivity index is 0.000000185. The summed E-state index contributed by atoms with van der Waals surface area (Å²) in [6.45, 7) is 68.1. The molecule has 0 fully saturated rings. The predicted molar refractivity (Wildman–Crippen MR) is 482 cm³/mol. The smallest absolute Gasteiger partial charge is 0.307 e. The number of rotatable bonds is 6. The van der Waals surface area contributed by atoms with Crippen molar-refractivity contribution in [2.75, 3.05) is 0 Å². The van der Waals surface area contributed by atoms with Crippen LogP contribution in [-0.4, -0.2) is 18.3 Å². The Morgan fingerprint density at radius 1 is 0.237 bits per heavy atom. The summed E-state index contributed by atoms with van der Waals surface area (Å²) in [5.74, 6) is -3.22. The summed E-state index contributed by atoms with van der Waals surface area (Å²) in [6, 6.07) is 16.2. The van der Waals surface area contributed by atoms with Gasteiger partial charge in [-0.05, 0) is 459 Å². The number of hydrogen-bond donors (Lipinski definition) is 0. The quantitative estimate of drug-likeness (QED) is 0.153. The molecule has 0 unspecified atom stereocenters. The second-order valence-corrected chi connectivity index (χ2v) is 34.7. The van der Waals surface area contributed by atoms with Crippen molar-refractivity contribution in [1.29, 1.82) is 5.26 Å². The van der Waals surface area contributed by atoms with Crippen LogP contribution in [0.1, 0.15) is 189 Å². The number of benzene rings is 12. The maximum Gasteiger partial charge on any atom is 0.418 e. The Bertz CT molecular complexity index is 7030. The normalized spacial score (nSPS) is 12.2. The highest BCUT2D eigenvalue weighted by Gasteiger charge is 2.41. The van der Waals surface area contributed by atoms with E-state index in [1.165, 1.54) is 113 Å². The number of halogens is 7. The van der Waals surface area contributed by atoms with Gasteiger partial charge in [-0.1, -0.05) is 12.1 Å². The molecule has 4 aromatic heterocycles. The van der Waals surface area contributed by atoms with Gasteiger partial charge in [0.2, 0.25) is 0 Å². The summed E-state index contributed by atoms with van der Waals surface area (Å²) in [6.07, 6.45) is -4.95. The largest absolute Gasteiger partial charge is 0.418 e. The van der Waals surface area contributed by atoms with Crippen molar-refractivity contribution in [2.45, 2.75) is 228 Å². The highest BCUT2D eigenvalue weighted by molar-refractivity contribution is 6.21. The first-order valence-corrected chi connectivity index (χ1v) is 41.0. The molecule has 0 saturated heterocycles. The Labute approximate surface area is 689 Å². The van der Waals surface area contributed by atoms with Gasteiger partial charge in [-0.2, -0.15) is 18.4 Å². The van der Waals surface area contributed by atoms with Gasteiger partial charge in [-0.3, -0.25) is 0 Å². The zero-order valence-electron chi connectivity index (χ0n) is 74.7. The van der Waals surface area contributed by atoms with E-state index in [1.54, 1.807) is 12.1 Å². The fourth-order valence-electron chi connectivity index (χ4n) is 20.6. The van der Waals surface area contributed by atoms with Crippen molar-refractivity contribution in [3.63, 3.8) is 0 Å². The van der Waals surface area contributed by atoms with Gasteiger partial charge in [0.25, 0.3) is 0 Å². The van der Waals surface area contributed by atoms with Gasteiger partial charge in [-0.15, -0.1) is 0 Å². The molecule has 16 rings (SSSR count). The van der Waals surface area contributed by atoms with E-state index in [4.69, 9.17) is 0 Å². The third-order valence-electron chi connectivity index (χ3n) is 30.1. The van der Waals surface area contributed by atoms with Crippen LogP contribution in [0.25, 0.3) is 132 Å². The van der Waals surface area contributed by atoms with Crippen molar-refractivity contribution in [3.8, 4) is 51.1 Å². The average molecular weight is 1580 g/mol. The van der Waals surface area contributed by atoms with Crippen LogP contribution in [0.5, 0.6) is 0 Å². The van der Waals surface area contributed by atoms with Crippen molar-refractivity contribution in [1.82, 2.24) is 18.3 Å². The minimum atomic E-state index is -4.95. The Hall–Kier alpha value is -11.2. The number of nitriles is 1. The van der Waals surface area contributed by atoms with Crippen molar-refractivity contribution >= 4 is 87.2 Å². The molecule has 12 aromatic carbocycles. The van der Waals surface area contributed by atoms with E-state index in [1.807, 2.05) is 56.7 Å². The molecule has 0 saturated carbocycles. The van der Waals surface area contributed by atoms with Gasteiger partial charge in [0, 0.05) is 43.1 Å². The van der Waals surface area contributed by atoms with E-state index in [9.17, 15) is 5.26 Å². The topological polar surface area (TPSA) is 43.5 Å². The van der Waals surface area contributed by atoms with E-state index < -0.39 is 40.6 Å². The Morgan fingerprint density at radius 3 is 0.636 bits per heavy atom. The van der Waals surface area contributed by atoms with Gasteiger partial charge in [-0.25, -0.2) is 17.6 Å². The molecule has 0 N–H and O–H groups in total. The van der Waals surface area contributed by atoms with E-state index in [2.05, 4.69) is 195 Å². The Kier molecular flexibility index (Phi) is 19.4. The second kappa shape index (κ2) is 28.0. The summed E-state index contributed by atoms with van der Waals surface area (Å²) in [5, 5.41) is 19.9. The summed E-state index contributed by atoms with van der Waals surface area (Å²) in [4.78, 5) is 0. The molecule has 0 aliphatic carbocycles. The van der Waals surface area contributed by atoms with Crippen LogP contribution in [0.3, 0.4) is 0 Å². The van der Waals surface area contributed by atoms with Crippen LogP contribution in [0.2, 0.25) is 0 Å². The van der Waals surface area contributed by atoms with Gasteiger partial charge < -0.3 is 18.3 Å². The molecule has 0 aliphatic heterocycles. The van der Waals surface area contributed by atoms with E-state index in [0.29, 0.717) is 33.5 Å². The van der Waals surface area contributed by atoms with E-state index >= 15 is 30.7 Å². The van der Waals surface area contributed by atoms with Gasteiger partial charge >= 0.3 is 6.18 Å². The zero-order valence-corrected chi connectivity index (χ0v) is 74.7. The van der Waals surface area contributed by atoms with E-state index in [0.717, 1.165) is 184 Å². The Morgan fingerprint density at radius 2 is 0.424 bits per heavy atom. The summed E-state index contributed by atoms with van der Waals surface area (Å²) in [7, 11) is 0. The number of aryl methyl sites for hydroxylation is 16. The van der Waals surface area contributed by atoms with E-state index in [-0.39, 0.29) is 22.5 Å².